The van der Waals surface area contributed by atoms with Crippen molar-refractivity contribution in [2.75, 3.05) is 20.3 Å². The molecule has 1 aromatic heterocycles. The summed E-state index contributed by atoms with van der Waals surface area (Å²) in [5, 5.41) is 0. The standard InChI is InChI=1S/C15H14O6/c1-18-8-9-20-14(16)11-4-2-5-12(10-11)21-15(17)13-6-3-7-19-13/h2-7,10H,8-9H2,1H3. The predicted molar refractivity (Wildman–Crippen MR) is 72.3 cm³/mol. The van der Waals surface area contributed by atoms with Gasteiger partial charge in [-0.1, -0.05) is 6.07 Å². The van der Waals surface area contributed by atoms with Crippen LogP contribution in [-0.4, -0.2) is 32.3 Å². The van der Waals surface area contributed by atoms with Crippen molar-refractivity contribution >= 4 is 11.9 Å². The molecule has 0 saturated carbocycles. The monoisotopic (exact) mass is 290 g/mol. The first kappa shape index (κ1) is 14.8. The summed E-state index contributed by atoms with van der Waals surface area (Å²) in [6.45, 7) is 0.477. The van der Waals surface area contributed by atoms with Gasteiger partial charge in [0.25, 0.3) is 0 Å². The molecule has 1 heterocycles. The summed E-state index contributed by atoms with van der Waals surface area (Å²) in [4.78, 5) is 23.5. The zero-order valence-electron chi connectivity index (χ0n) is 11.4. The Bertz CT molecular complexity index is 602. The second kappa shape index (κ2) is 7.25. The van der Waals surface area contributed by atoms with Crippen molar-refractivity contribution in [1.29, 1.82) is 0 Å². The third-order valence-electron chi connectivity index (χ3n) is 2.52. The van der Waals surface area contributed by atoms with Gasteiger partial charge in [-0.25, -0.2) is 9.59 Å². The van der Waals surface area contributed by atoms with Gasteiger partial charge in [-0.2, -0.15) is 0 Å². The molecule has 0 N–H and O–H groups in total. The Morgan fingerprint density at radius 1 is 1.10 bits per heavy atom. The first-order chi connectivity index (χ1) is 10.2. The Labute approximate surface area is 121 Å². The predicted octanol–water partition coefficient (Wildman–Crippen LogP) is 2.30. The topological polar surface area (TPSA) is 75.0 Å². The molecule has 0 aliphatic carbocycles. The van der Waals surface area contributed by atoms with E-state index in [2.05, 4.69) is 0 Å². The van der Waals surface area contributed by atoms with Gasteiger partial charge in [0.2, 0.25) is 5.76 Å². The van der Waals surface area contributed by atoms with Crippen molar-refractivity contribution in [3.63, 3.8) is 0 Å². The summed E-state index contributed by atoms with van der Waals surface area (Å²) in [5.74, 6) is -0.825. The zero-order valence-corrected chi connectivity index (χ0v) is 11.4. The van der Waals surface area contributed by atoms with Crippen LogP contribution < -0.4 is 4.74 Å². The van der Waals surface area contributed by atoms with Crippen LogP contribution in [0.25, 0.3) is 0 Å². The number of hydrogen-bond donors (Lipinski definition) is 0. The largest absolute Gasteiger partial charge is 0.460 e. The van der Waals surface area contributed by atoms with Gasteiger partial charge in [-0.3, -0.25) is 0 Å². The number of esters is 2. The number of methoxy groups -OCH3 is 1. The van der Waals surface area contributed by atoms with E-state index in [1.54, 1.807) is 24.3 Å². The highest BCUT2D eigenvalue weighted by Crippen LogP contribution is 2.16. The van der Waals surface area contributed by atoms with Gasteiger partial charge in [0.15, 0.2) is 0 Å². The third-order valence-corrected chi connectivity index (χ3v) is 2.52. The molecule has 2 aromatic rings. The highest BCUT2D eigenvalue weighted by Gasteiger charge is 2.13. The van der Waals surface area contributed by atoms with Crippen molar-refractivity contribution < 1.29 is 28.2 Å². The molecule has 0 amide bonds. The molecule has 2 rings (SSSR count). The average Bonchev–Trinajstić information content (AvgIpc) is 3.02. The quantitative estimate of drug-likeness (QED) is 0.461. The first-order valence-electron chi connectivity index (χ1n) is 6.22. The molecule has 1 aromatic carbocycles. The molecule has 110 valence electrons. The summed E-state index contributed by atoms with van der Waals surface area (Å²) >= 11 is 0. The number of rotatable bonds is 6. The van der Waals surface area contributed by atoms with Gasteiger partial charge >= 0.3 is 11.9 Å². The molecule has 0 radical (unpaired) electrons. The van der Waals surface area contributed by atoms with Crippen LogP contribution in [0.15, 0.2) is 47.1 Å². The molecule has 0 spiro atoms. The van der Waals surface area contributed by atoms with Crippen molar-refractivity contribution in [3.05, 3.63) is 54.0 Å². The van der Waals surface area contributed by atoms with Gasteiger partial charge in [-0.15, -0.1) is 0 Å². The van der Waals surface area contributed by atoms with E-state index in [9.17, 15) is 9.59 Å². The number of hydrogen-bond acceptors (Lipinski definition) is 6. The highest BCUT2D eigenvalue weighted by atomic mass is 16.6. The van der Waals surface area contributed by atoms with Crippen LogP contribution in [0, 0.1) is 0 Å². The van der Waals surface area contributed by atoms with E-state index in [-0.39, 0.29) is 23.7 Å². The zero-order chi connectivity index (χ0) is 15.1. The van der Waals surface area contributed by atoms with Gasteiger partial charge in [-0.05, 0) is 30.3 Å². The molecular formula is C15H14O6. The Hall–Kier alpha value is -2.60. The van der Waals surface area contributed by atoms with Crippen LogP contribution in [-0.2, 0) is 9.47 Å². The highest BCUT2D eigenvalue weighted by molar-refractivity contribution is 5.91. The van der Waals surface area contributed by atoms with E-state index < -0.39 is 11.9 Å². The second-order valence-corrected chi connectivity index (χ2v) is 4.02. The molecule has 0 fully saturated rings. The maximum absolute atomic E-state index is 11.7. The lowest BCUT2D eigenvalue weighted by atomic mass is 10.2. The number of ether oxygens (including phenoxy) is 3. The molecule has 0 saturated heterocycles. The molecular weight excluding hydrogens is 276 g/mol. The maximum Gasteiger partial charge on any atom is 0.379 e. The summed E-state index contributed by atoms with van der Waals surface area (Å²) in [6.07, 6.45) is 1.38. The van der Waals surface area contributed by atoms with Crippen molar-refractivity contribution in [3.8, 4) is 5.75 Å². The van der Waals surface area contributed by atoms with Crippen molar-refractivity contribution in [2.24, 2.45) is 0 Å². The summed E-state index contributed by atoms with van der Waals surface area (Å²) < 4.78 is 19.8. The number of furan rings is 1. The fourth-order valence-corrected chi connectivity index (χ4v) is 1.54. The molecule has 0 aliphatic rings. The van der Waals surface area contributed by atoms with E-state index in [4.69, 9.17) is 18.6 Å². The molecule has 6 heteroatoms. The summed E-state index contributed by atoms with van der Waals surface area (Å²) in [5.41, 5.74) is 0.288. The maximum atomic E-state index is 11.7. The van der Waals surface area contributed by atoms with Gasteiger partial charge < -0.3 is 18.6 Å². The smallest absolute Gasteiger partial charge is 0.379 e. The normalized spacial score (nSPS) is 10.1. The molecule has 21 heavy (non-hydrogen) atoms. The average molecular weight is 290 g/mol. The summed E-state index contributed by atoms with van der Waals surface area (Å²) in [7, 11) is 1.52. The van der Waals surface area contributed by atoms with E-state index in [0.717, 1.165) is 0 Å². The molecule has 0 bridgehead atoms. The first-order valence-corrected chi connectivity index (χ1v) is 6.22. The van der Waals surface area contributed by atoms with Crippen LogP contribution in [0.2, 0.25) is 0 Å². The lowest BCUT2D eigenvalue weighted by molar-refractivity contribution is 0.0387. The third kappa shape index (κ3) is 4.19. The molecule has 0 unspecified atom stereocenters. The summed E-state index contributed by atoms with van der Waals surface area (Å²) in [6, 6.07) is 9.23. The van der Waals surface area contributed by atoms with Crippen molar-refractivity contribution in [1.82, 2.24) is 0 Å². The molecule has 0 aliphatic heterocycles. The van der Waals surface area contributed by atoms with Crippen LogP contribution in [0.4, 0.5) is 0 Å². The Kier molecular flexibility index (Phi) is 5.11. The second-order valence-electron chi connectivity index (χ2n) is 4.02. The lowest BCUT2D eigenvalue weighted by Crippen LogP contribution is -2.11. The Balaban J connectivity index is 2.00. The number of carbonyl (C=O) groups excluding carboxylic acids is 2. The molecule has 0 atom stereocenters. The van der Waals surface area contributed by atoms with Crippen molar-refractivity contribution in [2.45, 2.75) is 0 Å². The number of benzene rings is 1. The van der Waals surface area contributed by atoms with E-state index in [1.165, 1.54) is 25.5 Å². The molecule has 6 nitrogen and oxygen atoms in total. The minimum atomic E-state index is -0.634. The van der Waals surface area contributed by atoms with Gasteiger partial charge in [0, 0.05) is 7.11 Å². The van der Waals surface area contributed by atoms with E-state index >= 15 is 0 Å². The van der Waals surface area contributed by atoms with E-state index in [0.29, 0.717) is 6.61 Å². The van der Waals surface area contributed by atoms with E-state index in [1.807, 2.05) is 0 Å². The van der Waals surface area contributed by atoms with Gasteiger partial charge in [0.1, 0.15) is 12.4 Å². The SMILES string of the molecule is COCCOC(=O)c1cccc(OC(=O)c2ccco2)c1. The number of carbonyl (C=O) groups is 2. The van der Waals surface area contributed by atoms with Crippen LogP contribution >= 0.6 is 0 Å². The lowest BCUT2D eigenvalue weighted by Gasteiger charge is -2.06. The van der Waals surface area contributed by atoms with Crippen LogP contribution in [0.5, 0.6) is 5.75 Å². The van der Waals surface area contributed by atoms with Crippen LogP contribution in [0.3, 0.4) is 0 Å². The fraction of sp³-hybridized carbons (Fsp3) is 0.200. The van der Waals surface area contributed by atoms with Crippen LogP contribution in [0.1, 0.15) is 20.9 Å². The minimum Gasteiger partial charge on any atom is -0.460 e. The Morgan fingerprint density at radius 2 is 1.95 bits per heavy atom. The van der Waals surface area contributed by atoms with Gasteiger partial charge in [0.05, 0.1) is 18.4 Å². The fourth-order valence-electron chi connectivity index (χ4n) is 1.54. The Morgan fingerprint density at radius 3 is 2.67 bits per heavy atom. The minimum absolute atomic E-state index is 0.0862.